The van der Waals surface area contributed by atoms with Crippen LogP contribution in [0.5, 0.6) is 0 Å². The van der Waals surface area contributed by atoms with Gasteiger partial charge in [0.15, 0.2) is 0 Å². The normalized spacial score (nSPS) is 22.5. The summed E-state index contributed by atoms with van der Waals surface area (Å²) >= 11 is 1.76. The van der Waals surface area contributed by atoms with Gasteiger partial charge in [0, 0.05) is 30.2 Å². The number of hydrogen-bond donors (Lipinski definition) is 1. The van der Waals surface area contributed by atoms with Crippen LogP contribution in [0.15, 0.2) is 35.0 Å². The van der Waals surface area contributed by atoms with E-state index < -0.39 is 0 Å². The average molecular weight is 300 g/mol. The molecule has 1 aromatic heterocycles. The molecule has 1 saturated heterocycles. The third kappa shape index (κ3) is 3.47. The molecule has 21 heavy (non-hydrogen) atoms. The SMILES string of the molecule is Cc1ccc(CC2CC(N)CN(c3ccsc3)C2)cc1C. The van der Waals surface area contributed by atoms with Crippen molar-refractivity contribution in [2.24, 2.45) is 11.7 Å². The molecule has 0 aliphatic carbocycles. The van der Waals surface area contributed by atoms with Gasteiger partial charge in [0.1, 0.15) is 0 Å². The number of nitrogens with two attached hydrogens (primary N) is 1. The Morgan fingerprint density at radius 3 is 2.76 bits per heavy atom. The van der Waals surface area contributed by atoms with E-state index in [2.05, 4.69) is 53.8 Å². The summed E-state index contributed by atoms with van der Waals surface area (Å²) in [5, 5.41) is 4.37. The zero-order valence-electron chi connectivity index (χ0n) is 12.9. The molecule has 2 unspecified atom stereocenters. The van der Waals surface area contributed by atoms with Gasteiger partial charge < -0.3 is 10.6 Å². The minimum absolute atomic E-state index is 0.287. The zero-order chi connectivity index (χ0) is 14.8. The molecule has 2 heterocycles. The second-order valence-corrected chi connectivity index (χ2v) is 7.15. The van der Waals surface area contributed by atoms with Crippen molar-refractivity contribution in [3.63, 3.8) is 0 Å². The van der Waals surface area contributed by atoms with E-state index in [0.29, 0.717) is 5.92 Å². The van der Waals surface area contributed by atoms with Crippen LogP contribution in [-0.4, -0.2) is 19.1 Å². The molecule has 1 aliphatic rings. The van der Waals surface area contributed by atoms with Gasteiger partial charge in [-0.3, -0.25) is 0 Å². The molecule has 2 atom stereocenters. The van der Waals surface area contributed by atoms with Crippen molar-refractivity contribution in [2.75, 3.05) is 18.0 Å². The maximum Gasteiger partial charge on any atom is 0.0475 e. The summed E-state index contributed by atoms with van der Waals surface area (Å²) in [4.78, 5) is 2.45. The van der Waals surface area contributed by atoms with Gasteiger partial charge in [0.05, 0.1) is 0 Å². The van der Waals surface area contributed by atoms with Crippen LogP contribution in [0.1, 0.15) is 23.1 Å². The van der Waals surface area contributed by atoms with Crippen LogP contribution in [0.3, 0.4) is 0 Å². The van der Waals surface area contributed by atoms with E-state index in [0.717, 1.165) is 25.9 Å². The number of nitrogens with zero attached hydrogens (tertiary/aromatic N) is 1. The first-order valence-corrected chi connectivity index (χ1v) is 8.65. The molecule has 2 nitrogen and oxygen atoms in total. The van der Waals surface area contributed by atoms with Crippen molar-refractivity contribution < 1.29 is 0 Å². The summed E-state index contributed by atoms with van der Waals surface area (Å²) in [6.45, 7) is 6.48. The molecule has 3 rings (SSSR count). The molecule has 1 fully saturated rings. The van der Waals surface area contributed by atoms with Crippen LogP contribution in [0.25, 0.3) is 0 Å². The highest BCUT2D eigenvalue weighted by molar-refractivity contribution is 7.08. The topological polar surface area (TPSA) is 29.3 Å². The van der Waals surface area contributed by atoms with E-state index in [1.165, 1.54) is 22.4 Å². The lowest BCUT2D eigenvalue weighted by Gasteiger charge is -2.37. The molecule has 0 bridgehead atoms. The summed E-state index contributed by atoms with van der Waals surface area (Å²) in [6.07, 6.45) is 2.27. The second kappa shape index (κ2) is 6.20. The molecule has 0 spiro atoms. The number of thiophene rings is 1. The Morgan fingerprint density at radius 1 is 1.19 bits per heavy atom. The predicted octanol–water partition coefficient (Wildman–Crippen LogP) is 3.76. The van der Waals surface area contributed by atoms with E-state index in [1.54, 1.807) is 11.3 Å². The van der Waals surface area contributed by atoms with Gasteiger partial charge in [0.2, 0.25) is 0 Å². The van der Waals surface area contributed by atoms with E-state index in [-0.39, 0.29) is 6.04 Å². The third-order valence-electron chi connectivity index (χ3n) is 4.54. The van der Waals surface area contributed by atoms with Gasteiger partial charge in [-0.15, -0.1) is 0 Å². The lowest BCUT2D eigenvalue weighted by Crippen LogP contribution is -2.47. The molecule has 1 aliphatic heterocycles. The largest absolute Gasteiger partial charge is 0.369 e. The molecule has 1 aromatic carbocycles. The fraction of sp³-hybridized carbons (Fsp3) is 0.444. The van der Waals surface area contributed by atoms with Gasteiger partial charge in [-0.05, 0) is 60.7 Å². The number of rotatable bonds is 3. The lowest BCUT2D eigenvalue weighted by atomic mass is 9.88. The maximum atomic E-state index is 6.29. The van der Waals surface area contributed by atoms with Crippen molar-refractivity contribution in [1.29, 1.82) is 0 Å². The Hall–Kier alpha value is -1.32. The van der Waals surface area contributed by atoms with Crippen LogP contribution in [0.4, 0.5) is 5.69 Å². The fourth-order valence-electron chi connectivity index (χ4n) is 3.31. The Morgan fingerprint density at radius 2 is 2.05 bits per heavy atom. The van der Waals surface area contributed by atoms with Crippen LogP contribution in [0.2, 0.25) is 0 Å². The smallest absolute Gasteiger partial charge is 0.0475 e. The fourth-order valence-corrected chi connectivity index (χ4v) is 3.97. The van der Waals surface area contributed by atoms with Crippen LogP contribution in [0, 0.1) is 19.8 Å². The third-order valence-corrected chi connectivity index (χ3v) is 5.21. The molecule has 3 heteroatoms. The quantitative estimate of drug-likeness (QED) is 0.935. The molecule has 0 saturated carbocycles. The molecule has 0 amide bonds. The number of aryl methyl sites for hydroxylation is 2. The van der Waals surface area contributed by atoms with Crippen LogP contribution in [-0.2, 0) is 6.42 Å². The minimum Gasteiger partial charge on any atom is -0.369 e. The van der Waals surface area contributed by atoms with Crippen molar-refractivity contribution >= 4 is 17.0 Å². The first kappa shape index (κ1) is 14.6. The van der Waals surface area contributed by atoms with Crippen molar-refractivity contribution in [2.45, 2.75) is 32.7 Å². The molecular formula is C18H24N2S. The minimum atomic E-state index is 0.287. The van der Waals surface area contributed by atoms with Gasteiger partial charge in [-0.1, -0.05) is 18.2 Å². The number of anilines is 1. The van der Waals surface area contributed by atoms with E-state index in [1.807, 2.05) is 0 Å². The monoisotopic (exact) mass is 300 g/mol. The second-order valence-electron chi connectivity index (χ2n) is 6.37. The standard InChI is InChI=1S/C18H24N2S/c1-13-3-4-15(7-14(13)2)8-16-9-17(19)11-20(10-16)18-5-6-21-12-18/h3-7,12,16-17H,8-11,19H2,1-2H3. The molecule has 0 radical (unpaired) electrons. The highest BCUT2D eigenvalue weighted by atomic mass is 32.1. The van der Waals surface area contributed by atoms with Crippen LogP contribution < -0.4 is 10.6 Å². The Balaban J connectivity index is 1.71. The summed E-state index contributed by atoms with van der Waals surface area (Å²) in [5.41, 5.74) is 11.8. The van der Waals surface area contributed by atoms with Crippen molar-refractivity contribution in [3.8, 4) is 0 Å². The highest BCUT2D eigenvalue weighted by Gasteiger charge is 2.25. The Kier molecular flexibility index (Phi) is 4.32. The summed E-state index contributed by atoms with van der Waals surface area (Å²) < 4.78 is 0. The predicted molar refractivity (Wildman–Crippen MR) is 92.2 cm³/mol. The Bertz CT molecular complexity index is 591. The molecule has 2 aromatic rings. The van der Waals surface area contributed by atoms with Crippen LogP contribution >= 0.6 is 11.3 Å². The molecule has 2 N–H and O–H groups in total. The van der Waals surface area contributed by atoms with Crippen molar-refractivity contribution in [1.82, 2.24) is 0 Å². The Labute approximate surface area is 131 Å². The molecular weight excluding hydrogens is 276 g/mol. The van der Waals surface area contributed by atoms with E-state index >= 15 is 0 Å². The summed E-state index contributed by atoms with van der Waals surface area (Å²) in [6, 6.07) is 9.34. The van der Waals surface area contributed by atoms with Crippen molar-refractivity contribution in [3.05, 3.63) is 51.7 Å². The van der Waals surface area contributed by atoms with Gasteiger partial charge in [-0.25, -0.2) is 0 Å². The molecule has 112 valence electrons. The highest BCUT2D eigenvalue weighted by Crippen LogP contribution is 2.27. The first-order chi connectivity index (χ1) is 10.1. The van der Waals surface area contributed by atoms with E-state index in [9.17, 15) is 0 Å². The average Bonchev–Trinajstić information content (AvgIpc) is 2.96. The summed E-state index contributed by atoms with van der Waals surface area (Å²) in [7, 11) is 0. The van der Waals surface area contributed by atoms with Gasteiger partial charge >= 0.3 is 0 Å². The number of benzene rings is 1. The van der Waals surface area contributed by atoms with Gasteiger partial charge in [-0.2, -0.15) is 11.3 Å². The zero-order valence-corrected chi connectivity index (χ0v) is 13.7. The maximum absolute atomic E-state index is 6.29. The van der Waals surface area contributed by atoms with Gasteiger partial charge in [0.25, 0.3) is 0 Å². The van der Waals surface area contributed by atoms with E-state index in [4.69, 9.17) is 5.73 Å². The number of hydrogen-bond acceptors (Lipinski definition) is 3. The summed E-state index contributed by atoms with van der Waals surface area (Å²) in [5.74, 6) is 0.649. The lowest BCUT2D eigenvalue weighted by molar-refractivity contribution is 0.375. The first-order valence-electron chi connectivity index (χ1n) is 7.70. The number of piperidine rings is 1.